The zero-order valence-corrected chi connectivity index (χ0v) is 22.7. The number of nitrogens with zero attached hydrogens (tertiary/aromatic N) is 3. The number of H-pyrrole nitrogens is 1. The van der Waals surface area contributed by atoms with Gasteiger partial charge in [0.25, 0.3) is 0 Å². The first-order chi connectivity index (χ1) is 18.5. The van der Waals surface area contributed by atoms with Gasteiger partial charge >= 0.3 is 0 Å². The molecule has 1 saturated carbocycles. The topological polar surface area (TPSA) is 79.0 Å². The average molecular weight is 527 g/mol. The lowest BCUT2D eigenvalue weighted by molar-refractivity contribution is 0.174. The molecule has 1 saturated heterocycles. The summed E-state index contributed by atoms with van der Waals surface area (Å²) in [7, 11) is -3.20. The molecule has 2 fully saturated rings. The van der Waals surface area contributed by atoms with Crippen LogP contribution in [0.3, 0.4) is 0 Å². The Balaban J connectivity index is 1.16. The fourth-order valence-electron chi connectivity index (χ4n) is 6.56. The number of pyridine rings is 1. The van der Waals surface area contributed by atoms with Gasteiger partial charge in [-0.2, -0.15) is 5.10 Å². The molecule has 7 heteroatoms. The Hall–Kier alpha value is -3.03. The molecule has 0 radical (unpaired) electrons. The number of hydrogen-bond donors (Lipinski definition) is 1. The number of aryl methyl sites for hydroxylation is 2. The van der Waals surface area contributed by atoms with Crippen molar-refractivity contribution in [2.75, 3.05) is 6.54 Å². The monoisotopic (exact) mass is 526 g/mol. The lowest BCUT2D eigenvalue weighted by Crippen LogP contribution is -2.37. The van der Waals surface area contributed by atoms with E-state index in [2.05, 4.69) is 51.3 Å². The van der Waals surface area contributed by atoms with E-state index in [1.165, 1.54) is 48.9 Å². The normalized spacial score (nSPS) is 22.4. The number of fused-ring (bicyclic) bond motifs is 2. The Bertz CT molecular complexity index is 1600. The third kappa shape index (κ3) is 4.26. The first kappa shape index (κ1) is 24.0. The number of rotatable bonds is 5. The minimum atomic E-state index is -3.20. The van der Waals surface area contributed by atoms with Gasteiger partial charge in [-0.1, -0.05) is 30.3 Å². The Morgan fingerprint density at radius 2 is 1.63 bits per heavy atom. The van der Waals surface area contributed by atoms with Crippen molar-refractivity contribution in [3.8, 4) is 22.4 Å². The molecule has 2 aliphatic carbocycles. The van der Waals surface area contributed by atoms with Gasteiger partial charge < -0.3 is 0 Å². The highest BCUT2D eigenvalue weighted by molar-refractivity contribution is 7.92. The largest absolute Gasteiger partial charge is 0.298 e. The molecule has 2 aromatic heterocycles. The van der Waals surface area contributed by atoms with Gasteiger partial charge in [0.2, 0.25) is 0 Å². The van der Waals surface area contributed by atoms with Gasteiger partial charge in [0.1, 0.15) is 0 Å². The Morgan fingerprint density at radius 1 is 0.868 bits per heavy atom. The van der Waals surface area contributed by atoms with Gasteiger partial charge in [-0.05, 0) is 99.7 Å². The van der Waals surface area contributed by atoms with Crippen LogP contribution in [0.15, 0.2) is 59.6 Å². The molecule has 38 heavy (non-hydrogen) atoms. The van der Waals surface area contributed by atoms with Gasteiger partial charge in [0.15, 0.2) is 15.5 Å². The third-order valence-corrected chi connectivity index (χ3v) is 11.2. The summed E-state index contributed by atoms with van der Waals surface area (Å²) in [6.07, 6.45) is 10.9. The zero-order chi connectivity index (χ0) is 25.9. The number of aromatic amines is 1. The second-order valence-corrected chi connectivity index (χ2v) is 13.6. The van der Waals surface area contributed by atoms with Crippen LogP contribution < -0.4 is 0 Å². The second kappa shape index (κ2) is 9.31. The number of sulfone groups is 1. The molecule has 0 amide bonds. The summed E-state index contributed by atoms with van der Waals surface area (Å²) < 4.78 is 25.2. The van der Waals surface area contributed by atoms with Crippen LogP contribution >= 0.6 is 0 Å². The van der Waals surface area contributed by atoms with Crippen LogP contribution in [0.4, 0.5) is 0 Å². The van der Waals surface area contributed by atoms with E-state index in [0.717, 1.165) is 53.9 Å². The molecule has 4 aromatic rings. The quantitative estimate of drug-likeness (QED) is 0.325. The molecule has 2 aromatic carbocycles. The van der Waals surface area contributed by atoms with E-state index >= 15 is 0 Å². The second-order valence-electron chi connectivity index (χ2n) is 11.4. The molecule has 3 aliphatic rings. The van der Waals surface area contributed by atoms with E-state index in [0.29, 0.717) is 16.6 Å². The molecular formula is C31H34N4O2S. The molecule has 196 valence electrons. The number of benzene rings is 2. The molecule has 0 bridgehead atoms. The smallest absolute Gasteiger partial charge is 0.181 e. The minimum absolute atomic E-state index is 0.205. The summed E-state index contributed by atoms with van der Waals surface area (Å²) >= 11 is 0. The summed E-state index contributed by atoms with van der Waals surface area (Å²) in [6, 6.07) is 17.7. The zero-order valence-electron chi connectivity index (χ0n) is 21.9. The maximum absolute atomic E-state index is 12.6. The van der Waals surface area contributed by atoms with E-state index in [1.54, 1.807) is 12.1 Å². The van der Waals surface area contributed by atoms with Gasteiger partial charge in [0, 0.05) is 34.8 Å². The van der Waals surface area contributed by atoms with Crippen LogP contribution in [0, 0.1) is 0 Å². The van der Waals surface area contributed by atoms with E-state index in [4.69, 9.17) is 0 Å². The van der Waals surface area contributed by atoms with Crippen molar-refractivity contribution in [3.05, 3.63) is 65.9 Å². The van der Waals surface area contributed by atoms with Crippen molar-refractivity contribution in [1.82, 2.24) is 20.1 Å². The molecular weight excluding hydrogens is 492 g/mol. The standard InChI is InChI=1S/C31H34N4O2S/c1-20-3-2-16-35(20)26-10-6-21-4-5-24(17-23(21)7-11-26)25-18-29-30(33-34-31(29)32-19-25)22-8-12-27(13-9-22)38(36,37)28-14-15-28/h4-5,8-9,12-13,17-20,26,28H,2-3,6-7,10-11,14-16H2,1H3,(H,32,33,34)/t20-,26?/m0/s1. The molecule has 7 rings (SSSR count). The van der Waals surface area contributed by atoms with E-state index in [9.17, 15) is 8.42 Å². The van der Waals surface area contributed by atoms with Crippen molar-refractivity contribution in [2.24, 2.45) is 0 Å². The Labute approximate surface area is 224 Å². The van der Waals surface area contributed by atoms with Gasteiger partial charge in [-0.25, -0.2) is 13.4 Å². The lowest BCUT2D eigenvalue weighted by atomic mass is 9.96. The molecule has 3 heterocycles. The average Bonchev–Trinajstić information content (AvgIpc) is 3.65. The van der Waals surface area contributed by atoms with Crippen molar-refractivity contribution < 1.29 is 8.42 Å². The molecule has 1 unspecified atom stereocenters. The van der Waals surface area contributed by atoms with Crippen LogP contribution in [-0.2, 0) is 22.7 Å². The number of likely N-dealkylation sites (tertiary alicyclic amines) is 1. The van der Waals surface area contributed by atoms with E-state index < -0.39 is 9.84 Å². The third-order valence-electron chi connectivity index (χ3n) is 8.95. The van der Waals surface area contributed by atoms with Crippen molar-refractivity contribution in [1.29, 1.82) is 0 Å². The minimum Gasteiger partial charge on any atom is -0.298 e. The maximum Gasteiger partial charge on any atom is 0.181 e. The summed E-state index contributed by atoms with van der Waals surface area (Å²) in [5.74, 6) is 0. The lowest BCUT2D eigenvalue weighted by Gasteiger charge is -2.30. The van der Waals surface area contributed by atoms with E-state index in [1.807, 2.05) is 18.3 Å². The van der Waals surface area contributed by atoms with Gasteiger partial charge in [0.05, 0.1) is 15.8 Å². The van der Waals surface area contributed by atoms with Crippen LogP contribution in [0.25, 0.3) is 33.4 Å². The predicted molar refractivity (Wildman–Crippen MR) is 151 cm³/mol. The summed E-state index contributed by atoms with van der Waals surface area (Å²) in [6.45, 7) is 3.64. The van der Waals surface area contributed by atoms with E-state index in [-0.39, 0.29) is 5.25 Å². The first-order valence-corrected chi connectivity index (χ1v) is 15.6. The maximum atomic E-state index is 12.6. The summed E-state index contributed by atoms with van der Waals surface area (Å²) in [4.78, 5) is 7.80. The van der Waals surface area contributed by atoms with Crippen molar-refractivity contribution in [3.63, 3.8) is 0 Å². The Morgan fingerprint density at radius 3 is 2.37 bits per heavy atom. The fourth-order valence-corrected chi connectivity index (χ4v) is 8.22. The molecule has 0 spiro atoms. The highest BCUT2D eigenvalue weighted by Crippen LogP contribution is 2.36. The molecule has 2 atom stereocenters. The number of hydrogen-bond acceptors (Lipinski definition) is 5. The Kier molecular flexibility index (Phi) is 5.89. The fraction of sp³-hybridized carbons (Fsp3) is 0.419. The van der Waals surface area contributed by atoms with Crippen LogP contribution in [-0.4, -0.2) is 52.4 Å². The predicted octanol–water partition coefficient (Wildman–Crippen LogP) is 5.96. The van der Waals surface area contributed by atoms with Crippen molar-refractivity contribution >= 4 is 20.9 Å². The summed E-state index contributed by atoms with van der Waals surface area (Å²) in [5.41, 5.74) is 7.65. The van der Waals surface area contributed by atoms with Crippen LogP contribution in [0.5, 0.6) is 0 Å². The van der Waals surface area contributed by atoms with Crippen molar-refractivity contribution in [2.45, 2.75) is 80.5 Å². The van der Waals surface area contributed by atoms with Gasteiger partial charge in [-0.15, -0.1) is 0 Å². The SMILES string of the molecule is C[C@H]1CCCN1C1CCc2ccc(-c3cnc4n[nH]c(-c5ccc(S(=O)(=O)C6CC6)cc5)c4c3)cc2CC1. The van der Waals surface area contributed by atoms with Gasteiger partial charge in [-0.3, -0.25) is 10.00 Å². The number of aromatic nitrogens is 3. The highest BCUT2D eigenvalue weighted by Gasteiger charge is 2.36. The van der Waals surface area contributed by atoms with Crippen LogP contribution in [0.1, 0.15) is 56.6 Å². The highest BCUT2D eigenvalue weighted by atomic mass is 32.2. The first-order valence-electron chi connectivity index (χ1n) is 14.0. The number of nitrogens with one attached hydrogen (secondary N) is 1. The molecule has 1 aliphatic heterocycles. The molecule has 1 N–H and O–H groups in total. The molecule has 6 nitrogen and oxygen atoms in total. The summed E-state index contributed by atoms with van der Waals surface area (Å²) in [5, 5.41) is 8.28. The van der Waals surface area contributed by atoms with Crippen LogP contribution in [0.2, 0.25) is 0 Å².